The number of anilines is 1. The van der Waals surface area contributed by atoms with Crippen LogP contribution in [0, 0.1) is 17.2 Å². The normalized spacial score (nSPS) is 18.4. The highest BCUT2D eigenvalue weighted by molar-refractivity contribution is 5.86. The number of aryl methyl sites for hydroxylation is 1. The van der Waals surface area contributed by atoms with Gasteiger partial charge in [0.05, 0.1) is 31.6 Å². The minimum atomic E-state index is 0.606. The first-order valence-electron chi connectivity index (χ1n) is 10.8. The molecule has 2 heterocycles. The van der Waals surface area contributed by atoms with E-state index in [-0.39, 0.29) is 0 Å². The maximum absolute atomic E-state index is 10.2. The molecule has 2 aromatic carbocycles. The van der Waals surface area contributed by atoms with Crippen LogP contribution in [0.25, 0.3) is 11.1 Å². The van der Waals surface area contributed by atoms with Gasteiger partial charge in [0.2, 0.25) is 0 Å². The summed E-state index contributed by atoms with van der Waals surface area (Å²) >= 11 is 0. The van der Waals surface area contributed by atoms with Crippen molar-refractivity contribution in [1.82, 2.24) is 0 Å². The third-order valence-electron chi connectivity index (χ3n) is 6.97. The summed E-state index contributed by atoms with van der Waals surface area (Å²) in [5.74, 6) is 1.68. The van der Waals surface area contributed by atoms with E-state index in [0.717, 1.165) is 49.6 Å². The monoisotopic (exact) mass is 388 g/mol. The lowest BCUT2D eigenvalue weighted by atomic mass is 9.77. The molecule has 0 bridgehead atoms. The Morgan fingerprint density at radius 3 is 2.69 bits per heavy atom. The molecule has 0 radical (unpaired) electrons. The molecule has 150 valence electrons. The molecule has 0 N–H and O–H groups in total. The van der Waals surface area contributed by atoms with Crippen molar-refractivity contribution in [3.63, 3.8) is 0 Å². The molecule has 1 aliphatic carbocycles. The van der Waals surface area contributed by atoms with Gasteiger partial charge in [0.1, 0.15) is 11.8 Å². The highest BCUT2D eigenvalue weighted by Gasteiger charge is 2.32. The summed E-state index contributed by atoms with van der Waals surface area (Å²) in [7, 11) is 1.73. The minimum absolute atomic E-state index is 0.606. The molecule has 0 atom stereocenters. The average Bonchev–Trinajstić information content (AvgIpc) is 2.78. The smallest absolute Gasteiger partial charge is 0.119 e. The maximum Gasteiger partial charge on any atom is 0.119 e. The largest absolute Gasteiger partial charge is 0.497 e. The van der Waals surface area contributed by atoms with E-state index < -0.39 is 0 Å². The van der Waals surface area contributed by atoms with Gasteiger partial charge < -0.3 is 14.4 Å². The number of methoxy groups -OCH3 is 1. The topological polar surface area (TPSA) is 45.5 Å². The Kier molecular flexibility index (Phi) is 4.72. The summed E-state index contributed by atoms with van der Waals surface area (Å²) in [5, 5.41) is 10.2. The molecule has 0 aromatic heterocycles. The van der Waals surface area contributed by atoms with Gasteiger partial charge in [-0.1, -0.05) is 13.0 Å². The van der Waals surface area contributed by atoms with E-state index in [2.05, 4.69) is 36.1 Å². The molecule has 1 fully saturated rings. The molecule has 2 aliphatic heterocycles. The summed E-state index contributed by atoms with van der Waals surface area (Å²) in [4.78, 5) is 2.50. The van der Waals surface area contributed by atoms with Gasteiger partial charge in [-0.2, -0.15) is 5.26 Å². The molecule has 0 amide bonds. The summed E-state index contributed by atoms with van der Waals surface area (Å²) in [5.41, 5.74) is 9.91. The molecular weight excluding hydrogens is 360 g/mol. The number of nitriles is 1. The summed E-state index contributed by atoms with van der Waals surface area (Å²) in [6.07, 6.45) is 5.19. The van der Waals surface area contributed by atoms with Crippen LogP contribution in [0.1, 0.15) is 47.6 Å². The standard InChI is InChI=1S/C25H28N2O2/c1-16-7-10-27(11-8-16)25-21-5-3-17-13-18(28-2)4-6-19(17)24(21)23-15-29-12-9-20(23)22(25)14-26/h4,6,13,16H,3,5,7-12,15H2,1-2H3. The van der Waals surface area contributed by atoms with Crippen LogP contribution in [-0.2, 0) is 30.6 Å². The first kappa shape index (κ1) is 18.5. The van der Waals surface area contributed by atoms with E-state index in [1.54, 1.807) is 7.11 Å². The Morgan fingerprint density at radius 2 is 1.93 bits per heavy atom. The van der Waals surface area contributed by atoms with Crippen LogP contribution in [-0.4, -0.2) is 26.8 Å². The number of fused-ring (bicyclic) bond motifs is 5. The fourth-order valence-corrected chi connectivity index (χ4v) is 5.36. The van der Waals surface area contributed by atoms with Crippen molar-refractivity contribution in [2.45, 2.75) is 45.6 Å². The summed E-state index contributed by atoms with van der Waals surface area (Å²) in [6, 6.07) is 9.05. The quantitative estimate of drug-likeness (QED) is 0.752. The van der Waals surface area contributed by atoms with Gasteiger partial charge in [0, 0.05) is 13.1 Å². The molecule has 0 spiro atoms. The van der Waals surface area contributed by atoms with Gasteiger partial charge in [-0.25, -0.2) is 0 Å². The van der Waals surface area contributed by atoms with Crippen LogP contribution >= 0.6 is 0 Å². The Balaban J connectivity index is 1.76. The molecule has 0 unspecified atom stereocenters. The molecule has 2 aromatic rings. The van der Waals surface area contributed by atoms with Crippen molar-refractivity contribution in [2.24, 2.45) is 5.92 Å². The molecule has 3 aliphatic rings. The molecule has 0 saturated carbocycles. The van der Waals surface area contributed by atoms with E-state index in [0.29, 0.717) is 13.2 Å². The van der Waals surface area contributed by atoms with Crippen LogP contribution in [0.15, 0.2) is 18.2 Å². The van der Waals surface area contributed by atoms with Crippen LogP contribution in [0.3, 0.4) is 0 Å². The van der Waals surface area contributed by atoms with Crippen molar-refractivity contribution in [3.05, 3.63) is 46.0 Å². The Bertz CT molecular complexity index is 997. The second-order valence-corrected chi connectivity index (χ2v) is 8.64. The third kappa shape index (κ3) is 3.00. The van der Waals surface area contributed by atoms with Gasteiger partial charge in [-0.3, -0.25) is 0 Å². The summed E-state index contributed by atoms with van der Waals surface area (Å²) < 4.78 is 11.3. The number of hydrogen-bond acceptors (Lipinski definition) is 4. The Labute approximate surface area is 173 Å². The molecular formula is C25H28N2O2. The lowest BCUT2D eigenvalue weighted by Gasteiger charge is -2.38. The number of rotatable bonds is 2. The van der Waals surface area contributed by atoms with Gasteiger partial charge in [0.15, 0.2) is 0 Å². The van der Waals surface area contributed by atoms with E-state index in [4.69, 9.17) is 9.47 Å². The van der Waals surface area contributed by atoms with Gasteiger partial charge in [0.25, 0.3) is 0 Å². The molecule has 5 rings (SSSR count). The van der Waals surface area contributed by atoms with Crippen molar-refractivity contribution in [2.75, 3.05) is 31.7 Å². The minimum Gasteiger partial charge on any atom is -0.497 e. The SMILES string of the molecule is COc1ccc2c(c1)CCc1c-2c2c(c(C#N)c1N1CCC(C)CC1)CCOC2. The molecule has 4 heteroatoms. The number of nitrogens with zero attached hydrogens (tertiary/aromatic N) is 2. The highest BCUT2D eigenvalue weighted by Crippen LogP contribution is 2.47. The molecule has 29 heavy (non-hydrogen) atoms. The van der Waals surface area contributed by atoms with Gasteiger partial charge in [-0.05, 0) is 83.5 Å². The number of benzene rings is 2. The number of hydrogen-bond donors (Lipinski definition) is 0. The molecule has 1 saturated heterocycles. The third-order valence-corrected chi connectivity index (χ3v) is 6.97. The van der Waals surface area contributed by atoms with E-state index in [9.17, 15) is 5.26 Å². The Hall–Kier alpha value is -2.51. The fourth-order valence-electron chi connectivity index (χ4n) is 5.36. The summed E-state index contributed by atoms with van der Waals surface area (Å²) in [6.45, 7) is 5.74. The van der Waals surface area contributed by atoms with Gasteiger partial charge >= 0.3 is 0 Å². The van der Waals surface area contributed by atoms with Crippen LogP contribution in [0.2, 0.25) is 0 Å². The zero-order valence-electron chi connectivity index (χ0n) is 17.4. The molecule has 4 nitrogen and oxygen atoms in total. The second-order valence-electron chi connectivity index (χ2n) is 8.64. The number of ether oxygens (including phenoxy) is 2. The van der Waals surface area contributed by atoms with E-state index >= 15 is 0 Å². The zero-order valence-corrected chi connectivity index (χ0v) is 17.4. The van der Waals surface area contributed by atoms with Crippen molar-refractivity contribution in [3.8, 4) is 22.9 Å². The highest BCUT2D eigenvalue weighted by atomic mass is 16.5. The van der Waals surface area contributed by atoms with Crippen molar-refractivity contribution >= 4 is 5.69 Å². The van der Waals surface area contributed by atoms with Crippen LogP contribution in [0.5, 0.6) is 5.75 Å². The zero-order chi connectivity index (χ0) is 20.0. The van der Waals surface area contributed by atoms with E-state index in [1.807, 2.05) is 0 Å². The fraction of sp³-hybridized carbons (Fsp3) is 0.480. The van der Waals surface area contributed by atoms with Crippen molar-refractivity contribution < 1.29 is 9.47 Å². The van der Waals surface area contributed by atoms with Crippen LogP contribution < -0.4 is 9.64 Å². The number of piperidine rings is 1. The van der Waals surface area contributed by atoms with Gasteiger partial charge in [-0.15, -0.1) is 0 Å². The maximum atomic E-state index is 10.2. The predicted octanol–water partition coefficient (Wildman–Crippen LogP) is 4.64. The second kappa shape index (κ2) is 7.39. The Morgan fingerprint density at radius 1 is 1.10 bits per heavy atom. The average molecular weight is 389 g/mol. The van der Waals surface area contributed by atoms with Crippen LogP contribution in [0.4, 0.5) is 5.69 Å². The van der Waals surface area contributed by atoms with Crippen molar-refractivity contribution in [1.29, 1.82) is 5.26 Å². The van der Waals surface area contributed by atoms with E-state index in [1.165, 1.54) is 51.9 Å². The first-order valence-corrected chi connectivity index (χ1v) is 10.8. The first-order chi connectivity index (χ1) is 14.2. The predicted molar refractivity (Wildman–Crippen MR) is 115 cm³/mol. The lowest BCUT2D eigenvalue weighted by Crippen LogP contribution is -2.35. The lowest BCUT2D eigenvalue weighted by molar-refractivity contribution is 0.111.